The van der Waals surface area contributed by atoms with Crippen LogP contribution in [-0.2, 0) is 26.5 Å². The summed E-state index contributed by atoms with van der Waals surface area (Å²) in [7, 11) is -7.65. The van der Waals surface area contributed by atoms with Gasteiger partial charge in [0.1, 0.15) is 0 Å². The second kappa shape index (κ2) is 8.74. The summed E-state index contributed by atoms with van der Waals surface area (Å²) in [6.07, 6.45) is 1.43. The zero-order valence-electron chi connectivity index (χ0n) is 20.1. The van der Waals surface area contributed by atoms with Gasteiger partial charge in [-0.1, -0.05) is 24.3 Å². The minimum atomic E-state index is -3.89. The van der Waals surface area contributed by atoms with Gasteiger partial charge in [0.25, 0.3) is 20.0 Å². The Balaban J connectivity index is 1.76. The van der Waals surface area contributed by atoms with Crippen LogP contribution in [0.3, 0.4) is 0 Å². The van der Waals surface area contributed by atoms with Crippen molar-refractivity contribution in [3.8, 4) is 0 Å². The third-order valence-corrected chi connectivity index (χ3v) is 10.4. The number of nitrogens with one attached hydrogen (secondary N) is 1. The lowest BCUT2D eigenvalue weighted by molar-refractivity contribution is 0.586. The monoisotopic (exact) mass is 498 g/mol. The lowest BCUT2D eigenvalue weighted by atomic mass is 9.95. The Hall–Kier alpha value is -2.84. The van der Waals surface area contributed by atoms with Gasteiger partial charge in [-0.15, -0.1) is 0 Å². The Morgan fingerprint density at radius 2 is 1.35 bits per heavy atom. The first-order chi connectivity index (χ1) is 15.9. The van der Waals surface area contributed by atoms with Crippen molar-refractivity contribution in [2.75, 3.05) is 15.6 Å². The Kier molecular flexibility index (Phi) is 6.25. The molecule has 180 valence electrons. The number of sulfonamides is 2. The molecule has 1 aliphatic rings. The average molecular weight is 499 g/mol. The molecule has 0 aliphatic carbocycles. The van der Waals surface area contributed by atoms with Crippen LogP contribution in [0.1, 0.15) is 39.8 Å². The second-order valence-corrected chi connectivity index (χ2v) is 12.4. The molecule has 0 spiro atoms. The number of hydrogen-bond acceptors (Lipinski definition) is 4. The van der Waals surface area contributed by atoms with E-state index in [0.29, 0.717) is 24.3 Å². The van der Waals surface area contributed by atoms with E-state index in [1.165, 1.54) is 4.31 Å². The van der Waals surface area contributed by atoms with Crippen LogP contribution in [0.4, 0.5) is 11.4 Å². The van der Waals surface area contributed by atoms with E-state index in [9.17, 15) is 16.8 Å². The highest BCUT2D eigenvalue weighted by atomic mass is 32.2. The topological polar surface area (TPSA) is 83.6 Å². The van der Waals surface area contributed by atoms with Crippen molar-refractivity contribution in [2.45, 2.75) is 57.3 Å². The van der Waals surface area contributed by atoms with Gasteiger partial charge in [0, 0.05) is 6.54 Å². The third kappa shape index (κ3) is 4.09. The summed E-state index contributed by atoms with van der Waals surface area (Å²) in [5.74, 6) is 0. The largest absolute Gasteiger partial charge is 0.280 e. The summed E-state index contributed by atoms with van der Waals surface area (Å²) in [4.78, 5) is 0.491. The van der Waals surface area contributed by atoms with Gasteiger partial charge in [-0.2, -0.15) is 0 Å². The number of benzene rings is 3. The molecule has 0 atom stereocenters. The van der Waals surface area contributed by atoms with Gasteiger partial charge < -0.3 is 0 Å². The molecule has 4 rings (SSSR count). The van der Waals surface area contributed by atoms with E-state index in [0.717, 1.165) is 39.8 Å². The lowest BCUT2D eigenvalue weighted by Crippen LogP contribution is -2.35. The Bertz CT molecular complexity index is 1450. The number of rotatable bonds is 5. The summed E-state index contributed by atoms with van der Waals surface area (Å²) in [6, 6.07) is 13.4. The second-order valence-electron chi connectivity index (χ2n) is 8.90. The number of fused-ring (bicyclic) bond motifs is 1. The highest BCUT2D eigenvalue weighted by molar-refractivity contribution is 7.93. The van der Waals surface area contributed by atoms with Gasteiger partial charge in [-0.25, -0.2) is 16.8 Å². The van der Waals surface area contributed by atoms with Crippen LogP contribution >= 0.6 is 0 Å². The third-order valence-electron chi connectivity index (χ3n) is 6.94. The molecular weight excluding hydrogens is 468 g/mol. The maximum atomic E-state index is 13.5. The molecule has 34 heavy (non-hydrogen) atoms. The molecule has 6 nitrogen and oxygen atoms in total. The van der Waals surface area contributed by atoms with E-state index in [1.54, 1.807) is 42.5 Å². The number of anilines is 2. The fourth-order valence-corrected chi connectivity index (χ4v) is 7.85. The molecule has 0 unspecified atom stereocenters. The van der Waals surface area contributed by atoms with Crippen LogP contribution in [0.15, 0.2) is 58.3 Å². The summed E-state index contributed by atoms with van der Waals surface area (Å²) >= 11 is 0. The van der Waals surface area contributed by atoms with Crippen LogP contribution in [0.25, 0.3) is 0 Å². The van der Waals surface area contributed by atoms with Gasteiger partial charge in [0.2, 0.25) is 0 Å². The Labute approximate surface area is 202 Å². The molecule has 0 fully saturated rings. The van der Waals surface area contributed by atoms with Crippen molar-refractivity contribution >= 4 is 31.4 Å². The van der Waals surface area contributed by atoms with Gasteiger partial charge >= 0.3 is 0 Å². The van der Waals surface area contributed by atoms with E-state index < -0.39 is 20.0 Å². The fourth-order valence-electron chi connectivity index (χ4n) is 4.65. The fraction of sp³-hybridized carbons (Fsp3) is 0.308. The van der Waals surface area contributed by atoms with Crippen LogP contribution in [-0.4, -0.2) is 23.4 Å². The van der Waals surface area contributed by atoms with Gasteiger partial charge in [0.05, 0.1) is 21.2 Å². The molecular formula is C26H30N2O4S2. The summed E-state index contributed by atoms with van der Waals surface area (Å²) in [6.45, 7) is 9.85. The first-order valence-electron chi connectivity index (χ1n) is 11.3. The SMILES string of the molecule is Cc1c(C)c(C)c(S(=O)(=O)Nc2ccc3c(c2)N(S(=O)(=O)c2ccccc2)CCC3)c(C)c1C. The lowest BCUT2D eigenvalue weighted by Gasteiger charge is -2.31. The summed E-state index contributed by atoms with van der Waals surface area (Å²) < 4.78 is 57.8. The molecule has 0 bridgehead atoms. The Morgan fingerprint density at radius 1 is 0.765 bits per heavy atom. The first-order valence-corrected chi connectivity index (χ1v) is 14.2. The molecule has 3 aromatic carbocycles. The first kappa shape index (κ1) is 24.3. The van der Waals surface area contributed by atoms with Crippen molar-refractivity contribution in [1.82, 2.24) is 0 Å². The van der Waals surface area contributed by atoms with Crippen LogP contribution < -0.4 is 9.03 Å². The molecule has 0 aromatic heterocycles. The predicted octanol–water partition coefficient (Wildman–Crippen LogP) is 5.17. The van der Waals surface area contributed by atoms with E-state index in [4.69, 9.17) is 0 Å². The number of aryl methyl sites for hydroxylation is 1. The minimum absolute atomic E-state index is 0.214. The van der Waals surface area contributed by atoms with E-state index in [1.807, 2.05) is 40.7 Å². The minimum Gasteiger partial charge on any atom is -0.280 e. The molecule has 0 amide bonds. The molecule has 0 saturated carbocycles. The molecule has 8 heteroatoms. The number of nitrogens with zero attached hydrogens (tertiary/aromatic N) is 1. The molecule has 1 aliphatic heterocycles. The maximum absolute atomic E-state index is 13.5. The van der Waals surface area contributed by atoms with Crippen molar-refractivity contribution in [3.05, 3.63) is 81.9 Å². The maximum Gasteiger partial charge on any atom is 0.264 e. The molecule has 1 N–H and O–H groups in total. The molecule has 0 radical (unpaired) electrons. The van der Waals surface area contributed by atoms with Crippen LogP contribution in [0.2, 0.25) is 0 Å². The Morgan fingerprint density at radius 3 is 1.97 bits per heavy atom. The standard InChI is InChI=1S/C26H30N2O4S2/c1-17-18(2)20(4)26(21(5)19(17)3)33(29,30)27-23-14-13-22-10-9-15-28(25(22)16-23)34(31,32)24-11-7-6-8-12-24/h6-8,11-14,16,27H,9-10,15H2,1-5H3. The van der Waals surface area contributed by atoms with Gasteiger partial charge in [0.15, 0.2) is 0 Å². The van der Waals surface area contributed by atoms with Crippen LogP contribution in [0, 0.1) is 34.6 Å². The highest BCUT2D eigenvalue weighted by Gasteiger charge is 2.30. The van der Waals surface area contributed by atoms with E-state index in [2.05, 4.69) is 4.72 Å². The van der Waals surface area contributed by atoms with Gasteiger partial charge in [-0.05, 0) is 105 Å². The van der Waals surface area contributed by atoms with Crippen molar-refractivity contribution < 1.29 is 16.8 Å². The molecule has 3 aromatic rings. The normalized spacial score (nSPS) is 14.1. The zero-order valence-corrected chi connectivity index (χ0v) is 21.8. The van der Waals surface area contributed by atoms with Crippen molar-refractivity contribution in [1.29, 1.82) is 0 Å². The summed E-state index contributed by atoms with van der Waals surface area (Å²) in [5.41, 5.74) is 6.16. The zero-order chi connectivity index (χ0) is 24.8. The average Bonchev–Trinajstić information content (AvgIpc) is 2.81. The highest BCUT2D eigenvalue weighted by Crippen LogP contribution is 2.36. The van der Waals surface area contributed by atoms with Crippen molar-refractivity contribution in [2.24, 2.45) is 0 Å². The smallest absolute Gasteiger partial charge is 0.264 e. The quantitative estimate of drug-likeness (QED) is 0.526. The van der Waals surface area contributed by atoms with E-state index >= 15 is 0 Å². The van der Waals surface area contributed by atoms with E-state index in [-0.39, 0.29) is 9.79 Å². The molecule has 1 heterocycles. The van der Waals surface area contributed by atoms with Crippen LogP contribution in [0.5, 0.6) is 0 Å². The summed E-state index contributed by atoms with van der Waals surface area (Å²) in [5, 5.41) is 0. The predicted molar refractivity (Wildman–Crippen MR) is 137 cm³/mol. The number of hydrogen-bond donors (Lipinski definition) is 1. The molecule has 0 saturated heterocycles. The van der Waals surface area contributed by atoms with Gasteiger partial charge in [-0.3, -0.25) is 9.03 Å². The van der Waals surface area contributed by atoms with Crippen molar-refractivity contribution in [3.63, 3.8) is 0 Å².